The first kappa shape index (κ1) is 64.5. The molecule has 0 atom stereocenters. The van der Waals surface area contributed by atoms with E-state index < -0.39 is 0 Å². The fraction of sp³-hybridized carbons (Fsp3) is 0.0588. The minimum atomic E-state index is -0.00856. The van der Waals surface area contributed by atoms with E-state index in [2.05, 4.69) is 438 Å². The Labute approximate surface area is 612 Å². The lowest BCUT2D eigenvalue weighted by atomic mass is 9.82. The Morgan fingerprint density at radius 1 is 0.154 bits per heavy atom. The van der Waals surface area contributed by atoms with Gasteiger partial charge < -0.3 is 9.80 Å². The lowest BCUT2D eigenvalue weighted by Gasteiger charge is -2.26. The molecule has 0 aliphatic heterocycles. The summed E-state index contributed by atoms with van der Waals surface area (Å²) < 4.78 is 0. The van der Waals surface area contributed by atoms with E-state index in [1.807, 2.05) is 0 Å². The topological polar surface area (TPSA) is 6.48 Å². The predicted molar refractivity (Wildman–Crippen MR) is 441 cm³/mol. The number of hydrogen-bond acceptors (Lipinski definition) is 2. The quantitative estimate of drug-likeness (QED) is 0.107. The molecular formula is C102H78N2. The van der Waals surface area contributed by atoms with Gasteiger partial charge in [0.2, 0.25) is 0 Å². The van der Waals surface area contributed by atoms with Crippen molar-refractivity contribution < 1.29 is 0 Å². The second-order valence-electron chi connectivity index (χ2n) is 28.4. The highest BCUT2D eigenvalue weighted by atomic mass is 15.1. The predicted octanol–water partition coefficient (Wildman–Crippen LogP) is 28.3. The maximum atomic E-state index is 2.38. The first-order chi connectivity index (χ1) is 51.1. The van der Waals surface area contributed by atoms with E-state index in [4.69, 9.17) is 0 Å². The van der Waals surface area contributed by atoms with Crippen molar-refractivity contribution in [3.8, 4) is 111 Å². The normalized spacial score (nSPS) is 12.6. The largest absolute Gasteiger partial charge is 0.311 e. The van der Waals surface area contributed by atoms with Gasteiger partial charge in [-0.3, -0.25) is 0 Å². The van der Waals surface area contributed by atoms with Gasteiger partial charge in [-0.2, -0.15) is 0 Å². The van der Waals surface area contributed by atoms with E-state index in [9.17, 15) is 0 Å². The molecule has 16 aromatic rings. The zero-order valence-corrected chi connectivity index (χ0v) is 59.0. The summed E-state index contributed by atoms with van der Waals surface area (Å²) in [5.74, 6) is 0. The maximum absolute atomic E-state index is 2.38. The number of rotatable bonds is 14. The van der Waals surface area contributed by atoms with Crippen LogP contribution in [-0.4, -0.2) is 0 Å². The third-order valence-corrected chi connectivity index (χ3v) is 21.5. The summed E-state index contributed by atoms with van der Waals surface area (Å²) in [5.41, 5.74) is 37.3. The molecule has 16 aromatic carbocycles. The Hall–Kier alpha value is -12.9. The van der Waals surface area contributed by atoms with Crippen LogP contribution in [0, 0.1) is 0 Å². The van der Waals surface area contributed by atoms with Crippen LogP contribution in [0.2, 0.25) is 0 Å². The van der Waals surface area contributed by atoms with E-state index in [1.54, 1.807) is 0 Å². The molecule has 0 radical (unpaired) electrons. The van der Waals surface area contributed by atoms with Crippen molar-refractivity contribution in [2.45, 2.75) is 38.5 Å². The molecule has 0 heterocycles. The molecule has 0 aromatic heterocycles. The number of fused-ring (bicyclic) bond motifs is 6. The summed E-state index contributed by atoms with van der Waals surface area (Å²) in [6.07, 6.45) is 0. The molecule has 2 aliphatic carbocycles. The van der Waals surface area contributed by atoms with E-state index in [0.717, 1.165) is 34.1 Å². The summed E-state index contributed by atoms with van der Waals surface area (Å²) in [7, 11) is 0. The summed E-state index contributed by atoms with van der Waals surface area (Å²) in [6, 6.07) is 145. The molecule has 496 valence electrons. The van der Waals surface area contributed by atoms with Crippen molar-refractivity contribution in [3.63, 3.8) is 0 Å². The van der Waals surface area contributed by atoms with Crippen molar-refractivity contribution >= 4 is 34.1 Å². The van der Waals surface area contributed by atoms with E-state index >= 15 is 0 Å². The van der Waals surface area contributed by atoms with E-state index in [0.29, 0.717) is 0 Å². The molecule has 2 heteroatoms. The van der Waals surface area contributed by atoms with Gasteiger partial charge in [0, 0.05) is 45.0 Å². The third kappa shape index (κ3) is 12.4. The van der Waals surface area contributed by atoms with Crippen LogP contribution in [0.1, 0.15) is 49.9 Å². The Kier molecular flexibility index (Phi) is 17.1. The molecule has 0 saturated heterocycles. The zero-order chi connectivity index (χ0) is 70.1. The van der Waals surface area contributed by atoms with Crippen molar-refractivity contribution in [3.05, 3.63) is 423 Å². The van der Waals surface area contributed by atoms with Crippen LogP contribution in [-0.2, 0) is 10.8 Å². The van der Waals surface area contributed by atoms with Gasteiger partial charge in [0.1, 0.15) is 0 Å². The molecule has 0 N–H and O–H groups in total. The van der Waals surface area contributed by atoms with Crippen LogP contribution in [0.3, 0.4) is 0 Å². The summed E-state index contributed by atoms with van der Waals surface area (Å²) in [6.45, 7) is 9.35. The molecule has 0 fully saturated rings. The van der Waals surface area contributed by atoms with E-state index in [1.165, 1.54) is 134 Å². The number of benzene rings is 16. The minimum absolute atomic E-state index is 0.00856. The number of hydrogen-bond donors (Lipinski definition) is 0. The summed E-state index contributed by atoms with van der Waals surface area (Å²) in [4.78, 5) is 4.68. The SMILES string of the molecule is CC1(C)c2ccccc2-c2c(-c3ccc(-c4ccc(N(c5ccc(-c6ccccc6)cc5)c5ccc(-c6ccccc6)cc5)cc4)cc3)cccc21.CC1(C)c2ccccc2-c2cc(-c3ccc(-c4ccc(N(c5ccc(-c6ccccc6)cc5)c5ccc(-c6ccccc6)cc5)cc4)cc3)ccc21. The summed E-state index contributed by atoms with van der Waals surface area (Å²) >= 11 is 0. The molecular weight excluding hydrogens is 1250 g/mol. The van der Waals surface area contributed by atoms with Crippen LogP contribution in [0.15, 0.2) is 400 Å². The van der Waals surface area contributed by atoms with Crippen molar-refractivity contribution in [2.75, 3.05) is 9.80 Å². The average Bonchev–Trinajstić information content (AvgIpc) is 1.58. The minimum Gasteiger partial charge on any atom is -0.311 e. The Balaban J connectivity index is 0.000000154. The van der Waals surface area contributed by atoms with Crippen LogP contribution in [0.4, 0.5) is 34.1 Å². The van der Waals surface area contributed by atoms with Crippen LogP contribution in [0.5, 0.6) is 0 Å². The molecule has 18 rings (SSSR count). The zero-order valence-electron chi connectivity index (χ0n) is 59.0. The number of nitrogens with zero attached hydrogens (tertiary/aromatic N) is 2. The Morgan fingerprint density at radius 2 is 0.375 bits per heavy atom. The van der Waals surface area contributed by atoms with Crippen molar-refractivity contribution in [2.24, 2.45) is 0 Å². The molecule has 2 nitrogen and oxygen atoms in total. The first-order valence-electron chi connectivity index (χ1n) is 36.2. The Bertz CT molecular complexity index is 5500. The van der Waals surface area contributed by atoms with Gasteiger partial charge in [0.15, 0.2) is 0 Å². The second kappa shape index (κ2) is 27.6. The lowest BCUT2D eigenvalue weighted by molar-refractivity contribution is 0.660. The maximum Gasteiger partial charge on any atom is 0.0462 e. The fourth-order valence-electron chi connectivity index (χ4n) is 15.8. The van der Waals surface area contributed by atoms with Gasteiger partial charge in [0.05, 0.1) is 0 Å². The van der Waals surface area contributed by atoms with Gasteiger partial charge in [0.25, 0.3) is 0 Å². The Morgan fingerprint density at radius 3 is 0.721 bits per heavy atom. The number of anilines is 6. The van der Waals surface area contributed by atoms with Gasteiger partial charge in [-0.15, -0.1) is 0 Å². The fourth-order valence-corrected chi connectivity index (χ4v) is 15.8. The van der Waals surface area contributed by atoms with Gasteiger partial charge in [-0.05, 0) is 212 Å². The molecule has 0 saturated carbocycles. The molecule has 0 bridgehead atoms. The van der Waals surface area contributed by atoms with Crippen LogP contribution in [0.25, 0.3) is 111 Å². The van der Waals surface area contributed by atoms with Crippen molar-refractivity contribution in [1.29, 1.82) is 0 Å². The molecule has 104 heavy (non-hydrogen) atoms. The molecule has 0 spiro atoms. The smallest absolute Gasteiger partial charge is 0.0462 e. The average molecular weight is 1330 g/mol. The standard InChI is InChI=1S/2C51H39N/c1-51(2)48-18-10-9-16-47(48)50-46(17-11-19-49(50)51)42-22-20-38(21-23-42)41-28-34-45(35-29-41)52(43-30-24-39(25-31-43)36-12-5-3-6-13-36)44-32-26-40(27-33-44)37-14-7-4-8-15-37;1-51(2)49-16-10-9-15-47(49)48-35-43(27-34-50(48)51)42-19-17-38(18-20-42)41-25-32-46(33-26-41)52(44-28-21-39(22-29-44)36-11-5-3-6-12-36)45-30-23-40(24-31-45)37-13-7-4-8-14-37/h2*3-35H,1-2H3. The van der Waals surface area contributed by atoms with Gasteiger partial charge in [-0.25, -0.2) is 0 Å². The summed E-state index contributed by atoms with van der Waals surface area (Å²) in [5, 5.41) is 0. The van der Waals surface area contributed by atoms with Crippen LogP contribution >= 0.6 is 0 Å². The molecule has 0 amide bonds. The second-order valence-corrected chi connectivity index (χ2v) is 28.4. The van der Waals surface area contributed by atoms with E-state index in [-0.39, 0.29) is 10.8 Å². The highest BCUT2D eigenvalue weighted by Gasteiger charge is 2.37. The lowest BCUT2D eigenvalue weighted by Crippen LogP contribution is -2.14. The van der Waals surface area contributed by atoms with Gasteiger partial charge >= 0.3 is 0 Å². The first-order valence-corrected chi connectivity index (χ1v) is 36.2. The van der Waals surface area contributed by atoms with Gasteiger partial charge in [-0.1, -0.05) is 349 Å². The monoisotopic (exact) mass is 1330 g/mol. The van der Waals surface area contributed by atoms with Crippen LogP contribution < -0.4 is 9.80 Å². The molecule has 2 aliphatic rings. The van der Waals surface area contributed by atoms with Crippen molar-refractivity contribution in [1.82, 2.24) is 0 Å². The molecule has 0 unspecified atom stereocenters. The highest BCUT2D eigenvalue weighted by molar-refractivity contribution is 5.94. The third-order valence-electron chi connectivity index (χ3n) is 21.5. The highest BCUT2D eigenvalue weighted by Crippen LogP contribution is 2.53.